The number of hydrogen-bond donors (Lipinski definition) is 2. The summed E-state index contributed by atoms with van der Waals surface area (Å²) in [5.41, 5.74) is 7.38. The molecule has 0 aliphatic carbocycles. The fourth-order valence-electron chi connectivity index (χ4n) is 1.78. The van der Waals surface area contributed by atoms with Crippen LogP contribution in [0.1, 0.15) is 0 Å². The fourth-order valence-corrected chi connectivity index (χ4v) is 2.46. The number of nitrogens with zero attached hydrogens (tertiary/aromatic N) is 2. The molecule has 3 aromatic rings. The van der Waals surface area contributed by atoms with E-state index in [4.69, 9.17) is 10.2 Å². The van der Waals surface area contributed by atoms with Gasteiger partial charge in [-0.2, -0.15) is 5.10 Å². The molecule has 0 unspecified atom stereocenters. The van der Waals surface area contributed by atoms with Crippen molar-refractivity contribution in [1.29, 1.82) is 0 Å². The van der Waals surface area contributed by atoms with Crippen molar-refractivity contribution in [1.82, 2.24) is 9.78 Å². The first kappa shape index (κ1) is 10.8. The van der Waals surface area contributed by atoms with Crippen LogP contribution in [0.15, 0.2) is 27.5 Å². The highest BCUT2D eigenvalue weighted by atomic mass is 32.1. The molecule has 0 saturated carbocycles. The number of phenolic OH excluding ortho intramolecular Hbond substituents is 1. The second-order valence-electron chi connectivity index (χ2n) is 3.84. The molecule has 0 fully saturated rings. The molecule has 2 heterocycles. The summed E-state index contributed by atoms with van der Waals surface area (Å²) >= 11 is 0.945. The third kappa shape index (κ3) is 1.48. The van der Waals surface area contributed by atoms with Crippen molar-refractivity contribution in [3.8, 4) is 16.9 Å². The highest BCUT2D eigenvalue weighted by molar-refractivity contribution is 7.16. The minimum atomic E-state index is -0.402. The van der Waals surface area contributed by atoms with Gasteiger partial charge in [-0.3, -0.25) is 4.68 Å². The smallest absolute Gasteiger partial charge is 0.396 e. The zero-order chi connectivity index (χ0) is 12.9. The number of fused-ring (bicyclic) bond motifs is 1. The molecule has 0 radical (unpaired) electrons. The topological polar surface area (TPSA) is 94.3 Å². The van der Waals surface area contributed by atoms with Crippen LogP contribution in [-0.4, -0.2) is 14.9 Å². The number of nitrogens with two attached hydrogens (primary N) is 1. The van der Waals surface area contributed by atoms with Crippen molar-refractivity contribution in [2.45, 2.75) is 0 Å². The van der Waals surface area contributed by atoms with E-state index in [0.717, 1.165) is 11.3 Å². The van der Waals surface area contributed by atoms with Crippen LogP contribution in [0.25, 0.3) is 21.4 Å². The second kappa shape index (κ2) is 3.61. The van der Waals surface area contributed by atoms with E-state index in [1.54, 1.807) is 19.3 Å². The van der Waals surface area contributed by atoms with Gasteiger partial charge in [0.25, 0.3) is 0 Å². The summed E-state index contributed by atoms with van der Waals surface area (Å²) in [5, 5.41) is 14.0. The summed E-state index contributed by atoms with van der Waals surface area (Å²) in [6, 6.07) is 3.09. The SMILES string of the molecule is Cn1ncc(-c2cc3oc(=O)sc3cc2O)c1N. The third-order valence-corrected chi connectivity index (χ3v) is 3.51. The van der Waals surface area contributed by atoms with Crippen molar-refractivity contribution >= 4 is 27.4 Å². The molecule has 0 atom stereocenters. The number of aromatic nitrogens is 2. The quantitative estimate of drug-likeness (QED) is 0.694. The Kier molecular flexibility index (Phi) is 2.17. The van der Waals surface area contributed by atoms with Gasteiger partial charge in [0.05, 0.1) is 10.9 Å². The Morgan fingerprint density at radius 1 is 1.44 bits per heavy atom. The number of phenols is 1. The Morgan fingerprint density at radius 3 is 2.89 bits per heavy atom. The van der Waals surface area contributed by atoms with Gasteiger partial charge in [0, 0.05) is 24.2 Å². The minimum Gasteiger partial charge on any atom is -0.507 e. The average Bonchev–Trinajstić information content (AvgIpc) is 2.82. The molecule has 3 N–H and O–H groups in total. The van der Waals surface area contributed by atoms with Gasteiger partial charge in [0.15, 0.2) is 0 Å². The molecule has 6 nitrogen and oxygen atoms in total. The van der Waals surface area contributed by atoms with E-state index in [1.165, 1.54) is 10.7 Å². The van der Waals surface area contributed by atoms with Crippen LogP contribution in [-0.2, 0) is 7.05 Å². The first-order valence-electron chi connectivity index (χ1n) is 5.11. The highest BCUT2D eigenvalue weighted by Crippen LogP contribution is 2.36. The Labute approximate surface area is 105 Å². The lowest BCUT2D eigenvalue weighted by Gasteiger charge is -2.03. The molecule has 7 heteroatoms. The molecule has 0 amide bonds. The van der Waals surface area contributed by atoms with Crippen LogP contribution in [0.5, 0.6) is 5.75 Å². The van der Waals surface area contributed by atoms with Gasteiger partial charge in [-0.1, -0.05) is 11.3 Å². The van der Waals surface area contributed by atoms with E-state index < -0.39 is 4.94 Å². The number of aromatic hydroxyl groups is 1. The molecular formula is C11H9N3O3S. The van der Waals surface area contributed by atoms with Crippen molar-refractivity contribution in [2.75, 3.05) is 5.73 Å². The van der Waals surface area contributed by atoms with Gasteiger partial charge in [-0.15, -0.1) is 0 Å². The molecule has 92 valence electrons. The van der Waals surface area contributed by atoms with Crippen LogP contribution in [0.4, 0.5) is 5.82 Å². The minimum absolute atomic E-state index is 0.0410. The maximum absolute atomic E-state index is 11.1. The molecule has 18 heavy (non-hydrogen) atoms. The number of anilines is 1. The second-order valence-corrected chi connectivity index (χ2v) is 4.81. The van der Waals surface area contributed by atoms with Crippen LogP contribution in [0.3, 0.4) is 0 Å². The summed E-state index contributed by atoms with van der Waals surface area (Å²) in [6.45, 7) is 0. The van der Waals surface area contributed by atoms with Crippen molar-refractivity contribution in [2.24, 2.45) is 7.05 Å². The number of nitrogen functional groups attached to an aromatic ring is 1. The summed E-state index contributed by atoms with van der Waals surface area (Å²) < 4.78 is 7.12. The van der Waals surface area contributed by atoms with Gasteiger partial charge in [0.2, 0.25) is 0 Å². The van der Waals surface area contributed by atoms with E-state index in [9.17, 15) is 9.90 Å². The molecule has 3 rings (SSSR count). The standard InChI is InChI=1S/C11H9N3O3S/c1-14-10(12)6(4-13-14)5-2-8-9(3-7(5)15)18-11(16)17-8/h2-4,15H,12H2,1H3. The predicted octanol–water partition coefficient (Wildman–Crippen LogP) is 1.54. The highest BCUT2D eigenvalue weighted by Gasteiger charge is 2.14. The predicted molar refractivity (Wildman–Crippen MR) is 68.6 cm³/mol. The zero-order valence-corrected chi connectivity index (χ0v) is 10.2. The first-order valence-corrected chi connectivity index (χ1v) is 5.92. The number of aryl methyl sites for hydroxylation is 1. The normalized spacial score (nSPS) is 11.2. The summed E-state index contributed by atoms with van der Waals surface area (Å²) in [4.78, 5) is 10.7. The van der Waals surface area contributed by atoms with Gasteiger partial charge >= 0.3 is 4.94 Å². The van der Waals surface area contributed by atoms with Gasteiger partial charge in [0.1, 0.15) is 17.2 Å². The van der Waals surface area contributed by atoms with Crippen LogP contribution in [0.2, 0.25) is 0 Å². The molecule has 0 aliphatic rings. The van der Waals surface area contributed by atoms with Gasteiger partial charge < -0.3 is 15.3 Å². The molecular weight excluding hydrogens is 254 g/mol. The van der Waals surface area contributed by atoms with E-state index in [0.29, 0.717) is 27.2 Å². The maximum atomic E-state index is 11.1. The van der Waals surface area contributed by atoms with E-state index in [-0.39, 0.29) is 5.75 Å². The molecule has 2 aromatic heterocycles. The molecule has 1 aromatic carbocycles. The Bertz CT molecular complexity index is 800. The zero-order valence-electron chi connectivity index (χ0n) is 9.38. The summed E-state index contributed by atoms with van der Waals surface area (Å²) in [7, 11) is 1.71. The lowest BCUT2D eigenvalue weighted by atomic mass is 10.1. The van der Waals surface area contributed by atoms with Crippen LogP contribution < -0.4 is 10.7 Å². The Morgan fingerprint density at radius 2 is 2.22 bits per heavy atom. The number of benzene rings is 1. The fraction of sp³-hybridized carbons (Fsp3) is 0.0909. The largest absolute Gasteiger partial charge is 0.507 e. The lowest BCUT2D eigenvalue weighted by molar-refractivity contribution is 0.477. The van der Waals surface area contributed by atoms with Gasteiger partial charge in [-0.25, -0.2) is 4.79 Å². The third-order valence-electron chi connectivity index (χ3n) is 2.72. The molecule has 0 bridgehead atoms. The summed E-state index contributed by atoms with van der Waals surface area (Å²) in [5.74, 6) is 0.474. The van der Waals surface area contributed by atoms with E-state index in [2.05, 4.69) is 5.10 Å². The summed E-state index contributed by atoms with van der Waals surface area (Å²) in [6.07, 6.45) is 1.56. The maximum Gasteiger partial charge on any atom is 0.396 e. The number of rotatable bonds is 1. The molecule has 0 spiro atoms. The van der Waals surface area contributed by atoms with Crippen molar-refractivity contribution in [3.63, 3.8) is 0 Å². The Hall–Kier alpha value is -2.28. The van der Waals surface area contributed by atoms with Gasteiger partial charge in [-0.05, 0) is 6.07 Å². The lowest BCUT2D eigenvalue weighted by Crippen LogP contribution is -1.98. The van der Waals surface area contributed by atoms with Crippen LogP contribution >= 0.6 is 11.3 Å². The van der Waals surface area contributed by atoms with Crippen molar-refractivity contribution < 1.29 is 9.52 Å². The van der Waals surface area contributed by atoms with E-state index in [1.807, 2.05) is 0 Å². The monoisotopic (exact) mass is 263 g/mol. The number of hydrogen-bond acceptors (Lipinski definition) is 6. The van der Waals surface area contributed by atoms with Crippen LogP contribution in [0, 0.1) is 0 Å². The average molecular weight is 263 g/mol. The van der Waals surface area contributed by atoms with E-state index >= 15 is 0 Å². The van der Waals surface area contributed by atoms with Crippen molar-refractivity contribution in [3.05, 3.63) is 28.1 Å². The molecule has 0 saturated heterocycles. The Balaban J connectivity index is 2.31. The molecule has 0 aliphatic heterocycles. The first-order chi connectivity index (χ1) is 8.56.